The highest BCUT2D eigenvalue weighted by molar-refractivity contribution is 6.34. The van der Waals surface area contributed by atoms with E-state index in [0.717, 1.165) is 11.1 Å². The number of halogens is 1. The molecule has 0 saturated heterocycles. The minimum absolute atomic E-state index is 0.616. The van der Waals surface area contributed by atoms with Crippen LogP contribution in [0.5, 0.6) is 0 Å². The first-order valence-corrected chi connectivity index (χ1v) is 4.37. The topological polar surface area (TPSA) is 38.1 Å². The average molecular weight is 197 g/mol. The average Bonchev–Trinajstić information content (AvgIpc) is 2.49. The summed E-state index contributed by atoms with van der Waals surface area (Å²) in [6.45, 7) is 0.616. The number of benzene rings is 1. The highest BCUT2D eigenvalue weighted by Crippen LogP contribution is 2.23. The van der Waals surface area contributed by atoms with Crippen LogP contribution in [0.2, 0.25) is 5.02 Å². The van der Waals surface area contributed by atoms with Gasteiger partial charge in [-0.1, -0.05) is 17.7 Å². The molecule has 0 radical (unpaired) electrons. The molecule has 1 aromatic heterocycles. The quantitative estimate of drug-likeness (QED) is 0.800. The van der Waals surface area contributed by atoms with Crippen LogP contribution in [-0.4, -0.2) is 12.0 Å². The number of nitrogens with zero attached hydrogens (tertiary/aromatic N) is 1. The Hall–Kier alpha value is -1.06. The second-order valence-corrected chi connectivity index (χ2v) is 3.13. The summed E-state index contributed by atoms with van der Waals surface area (Å²) < 4.78 is 5.43. The third-order valence-electron chi connectivity index (χ3n) is 1.74. The molecular weight excluding hydrogens is 188 g/mol. The molecule has 0 aliphatic heterocycles. The zero-order chi connectivity index (χ0) is 9.26. The van der Waals surface area contributed by atoms with Crippen molar-refractivity contribution in [1.82, 2.24) is 10.3 Å². The minimum atomic E-state index is 0.616. The largest absolute Gasteiger partial charge is 0.439 e. The number of hydrogen-bond acceptors (Lipinski definition) is 3. The lowest BCUT2D eigenvalue weighted by atomic mass is 10.3. The van der Waals surface area contributed by atoms with E-state index in [1.807, 2.05) is 19.2 Å². The second-order valence-electron chi connectivity index (χ2n) is 2.72. The van der Waals surface area contributed by atoms with Crippen LogP contribution in [0.25, 0.3) is 11.1 Å². The van der Waals surface area contributed by atoms with Gasteiger partial charge in [0, 0.05) is 0 Å². The van der Waals surface area contributed by atoms with Crippen molar-refractivity contribution in [1.29, 1.82) is 0 Å². The normalized spacial score (nSPS) is 10.9. The molecule has 0 amide bonds. The van der Waals surface area contributed by atoms with Crippen molar-refractivity contribution >= 4 is 22.7 Å². The van der Waals surface area contributed by atoms with E-state index in [9.17, 15) is 0 Å². The predicted octanol–water partition coefficient (Wildman–Crippen LogP) is 2.20. The van der Waals surface area contributed by atoms with Crippen LogP contribution in [-0.2, 0) is 6.54 Å². The smallest absolute Gasteiger partial charge is 0.209 e. The first-order chi connectivity index (χ1) is 6.31. The zero-order valence-corrected chi connectivity index (χ0v) is 7.93. The summed E-state index contributed by atoms with van der Waals surface area (Å²) in [6, 6.07) is 5.50. The Balaban J connectivity index is 2.55. The van der Waals surface area contributed by atoms with Crippen molar-refractivity contribution in [2.24, 2.45) is 0 Å². The van der Waals surface area contributed by atoms with Crippen LogP contribution in [0, 0.1) is 0 Å². The van der Waals surface area contributed by atoms with Crippen molar-refractivity contribution in [3.8, 4) is 0 Å². The Kier molecular flexibility index (Phi) is 2.20. The molecule has 0 aliphatic rings. The van der Waals surface area contributed by atoms with Gasteiger partial charge in [-0.15, -0.1) is 0 Å². The van der Waals surface area contributed by atoms with Crippen molar-refractivity contribution in [3.63, 3.8) is 0 Å². The number of para-hydroxylation sites is 1. The molecule has 13 heavy (non-hydrogen) atoms. The second kappa shape index (κ2) is 3.36. The highest BCUT2D eigenvalue weighted by atomic mass is 35.5. The fourth-order valence-electron chi connectivity index (χ4n) is 1.19. The van der Waals surface area contributed by atoms with Crippen molar-refractivity contribution in [2.75, 3.05) is 7.05 Å². The Morgan fingerprint density at radius 2 is 2.38 bits per heavy atom. The summed E-state index contributed by atoms with van der Waals surface area (Å²) >= 11 is 5.93. The zero-order valence-electron chi connectivity index (χ0n) is 7.17. The molecule has 0 saturated carbocycles. The summed E-state index contributed by atoms with van der Waals surface area (Å²) in [5, 5.41) is 3.59. The van der Waals surface area contributed by atoms with E-state index in [1.165, 1.54) is 0 Å². The Labute approximate surface area is 80.7 Å². The molecule has 0 atom stereocenters. The van der Waals surface area contributed by atoms with E-state index >= 15 is 0 Å². The van der Waals surface area contributed by atoms with Gasteiger partial charge in [-0.25, -0.2) is 4.98 Å². The maximum atomic E-state index is 5.93. The van der Waals surface area contributed by atoms with Gasteiger partial charge < -0.3 is 9.73 Å². The molecule has 3 nitrogen and oxygen atoms in total. The summed E-state index contributed by atoms with van der Waals surface area (Å²) in [5.41, 5.74) is 1.46. The van der Waals surface area contributed by atoms with Crippen molar-refractivity contribution in [3.05, 3.63) is 29.1 Å². The number of nitrogens with one attached hydrogen (secondary N) is 1. The predicted molar refractivity (Wildman–Crippen MR) is 51.8 cm³/mol. The summed E-state index contributed by atoms with van der Waals surface area (Å²) in [4.78, 5) is 4.24. The highest BCUT2D eigenvalue weighted by Gasteiger charge is 2.06. The van der Waals surface area contributed by atoms with E-state index in [-0.39, 0.29) is 0 Å². The molecular formula is C9H9ClN2O. The van der Waals surface area contributed by atoms with Crippen LogP contribution >= 0.6 is 11.6 Å². The van der Waals surface area contributed by atoms with E-state index in [4.69, 9.17) is 16.0 Å². The van der Waals surface area contributed by atoms with Gasteiger partial charge in [-0.2, -0.15) is 0 Å². The fourth-order valence-corrected chi connectivity index (χ4v) is 1.40. The van der Waals surface area contributed by atoms with Crippen molar-refractivity contribution in [2.45, 2.75) is 6.54 Å². The maximum absolute atomic E-state index is 5.93. The maximum Gasteiger partial charge on any atom is 0.209 e. The molecule has 0 spiro atoms. The molecule has 4 heteroatoms. The fraction of sp³-hybridized carbons (Fsp3) is 0.222. The third-order valence-corrected chi connectivity index (χ3v) is 2.05. The van der Waals surface area contributed by atoms with Gasteiger partial charge >= 0.3 is 0 Å². The lowest BCUT2D eigenvalue weighted by molar-refractivity contribution is 0.511. The molecule has 0 unspecified atom stereocenters. The molecule has 1 heterocycles. The molecule has 2 rings (SSSR count). The third kappa shape index (κ3) is 1.53. The Bertz CT molecular complexity index is 424. The van der Waals surface area contributed by atoms with E-state index in [2.05, 4.69) is 10.3 Å². The molecule has 1 N–H and O–H groups in total. The molecule has 0 aliphatic carbocycles. The standard InChI is InChI=1S/C9H9ClN2O/c1-11-5-8-12-9-6(10)3-2-4-7(9)13-8/h2-4,11H,5H2,1H3. The summed E-state index contributed by atoms with van der Waals surface area (Å²) in [6.07, 6.45) is 0. The molecule has 68 valence electrons. The van der Waals surface area contributed by atoms with E-state index < -0.39 is 0 Å². The van der Waals surface area contributed by atoms with Crippen LogP contribution in [0.15, 0.2) is 22.6 Å². The van der Waals surface area contributed by atoms with Gasteiger partial charge in [-0.05, 0) is 19.2 Å². The van der Waals surface area contributed by atoms with Crippen LogP contribution in [0.1, 0.15) is 5.89 Å². The lowest BCUT2D eigenvalue weighted by Gasteiger charge is -1.88. The molecule has 0 bridgehead atoms. The van der Waals surface area contributed by atoms with Gasteiger partial charge in [0.1, 0.15) is 5.52 Å². The van der Waals surface area contributed by atoms with Gasteiger partial charge in [0.2, 0.25) is 5.89 Å². The Morgan fingerprint density at radius 1 is 1.54 bits per heavy atom. The monoisotopic (exact) mass is 196 g/mol. The van der Waals surface area contributed by atoms with Crippen LogP contribution in [0.4, 0.5) is 0 Å². The summed E-state index contributed by atoms with van der Waals surface area (Å²) in [5.74, 6) is 0.658. The van der Waals surface area contributed by atoms with Crippen LogP contribution in [0.3, 0.4) is 0 Å². The van der Waals surface area contributed by atoms with Gasteiger partial charge in [0.15, 0.2) is 5.58 Å². The van der Waals surface area contributed by atoms with Crippen LogP contribution < -0.4 is 5.32 Å². The first kappa shape index (κ1) is 8.53. The number of oxazole rings is 1. The Morgan fingerprint density at radius 3 is 3.08 bits per heavy atom. The number of rotatable bonds is 2. The van der Waals surface area contributed by atoms with Crippen molar-refractivity contribution < 1.29 is 4.42 Å². The minimum Gasteiger partial charge on any atom is -0.439 e. The van der Waals surface area contributed by atoms with E-state index in [1.54, 1.807) is 6.07 Å². The molecule has 0 fully saturated rings. The number of fused-ring (bicyclic) bond motifs is 1. The SMILES string of the molecule is CNCc1nc2c(Cl)cccc2o1. The lowest BCUT2D eigenvalue weighted by Crippen LogP contribution is -2.04. The molecule has 1 aromatic carbocycles. The number of hydrogen-bond donors (Lipinski definition) is 1. The number of aromatic nitrogens is 1. The van der Waals surface area contributed by atoms with Gasteiger partial charge in [-0.3, -0.25) is 0 Å². The molecule has 2 aromatic rings. The first-order valence-electron chi connectivity index (χ1n) is 4.00. The van der Waals surface area contributed by atoms with Gasteiger partial charge in [0.05, 0.1) is 11.6 Å². The van der Waals surface area contributed by atoms with Gasteiger partial charge in [0.25, 0.3) is 0 Å². The summed E-state index contributed by atoms with van der Waals surface area (Å²) in [7, 11) is 1.84. The van der Waals surface area contributed by atoms with E-state index in [0.29, 0.717) is 17.5 Å².